The first-order chi connectivity index (χ1) is 8.97. The zero-order valence-electron chi connectivity index (χ0n) is 9.93. The summed E-state index contributed by atoms with van der Waals surface area (Å²) in [6.07, 6.45) is -3.69. The number of benzene rings is 1. The number of aliphatic carboxylic acids is 1. The first-order valence-corrected chi connectivity index (χ1v) is 5.52. The molecule has 0 amide bonds. The monoisotopic (exact) mass is 269 g/mol. The molecule has 0 saturated carbocycles. The Bertz CT molecular complexity index is 435. The fourth-order valence-electron chi connectivity index (χ4n) is 1.42. The van der Waals surface area contributed by atoms with E-state index in [1.165, 1.54) is 0 Å². The molecule has 0 radical (unpaired) electrons. The summed E-state index contributed by atoms with van der Waals surface area (Å²) in [6.45, 7) is -0.843. The molecule has 0 bridgehead atoms. The largest absolute Gasteiger partial charge is 0.479 e. The van der Waals surface area contributed by atoms with Crippen LogP contribution >= 0.6 is 0 Å². The second kappa shape index (κ2) is 6.83. The molecular formula is C12H15NO6. The summed E-state index contributed by atoms with van der Waals surface area (Å²) in [6, 6.07) is 6.40. The standard InChI is InChI=1S/C12H15NO6/c14-6-8(15)10(16)11(17)9(12(18)19)13-7-4-2-1-3-5-7/h1-5,8-10,13-16H,6H2,(H,18,19)/t8-,9?,10-/m1/s1. The highest BCUT2D eigenvalue weighted by molar-refractivity contribution is 6.07. The van der Waals surface area contributed by atoms with E-state index in [9.17, 15) is 14.7 Å². The Kier molecular flexibility index (Phi) is 5.43. The maximum absolute atomic E-state index is 11.7. The number of aliphatic hydroxyl groups excluding tert-OH is 3. The average molecular weight is 269 g/mol. The van der Waals surface area contributed by atoms with Gasteiger partial charge in [-0.15, -0.1) is 0 Å². The lowest BCUT2D eigenvalue weighted by Gasteiger charge is -2.20. The van der Waals surface area contributed by atoms with Crippen LogP contribution in [0.15, 0.2) is 30.3 Å². The van der Waals surface area contributed by atoms with Crippen molar-refractivity contribution in [1.82, 2.24) is 0 Å². The molecule has 7 heteroatoms. The maximum Gasteiger partial charge on any atom is 0.334 e. The number of carbonyl (C=O) groups is 2. The number of aliphatic hydroxyl groups is 3. The fourth-order valence-corrected chi connectivity index (χ4v) is 1.42. The Hall–Kier alpha value is -1.96. The summed E-state index contributed by atoms with van der Waals surface area (Å²) in [4.78, 5) is 22.7. The van der Waals surface area contributed by atoms with Crippen molar-refractivity contribution in [3.8, 4) is 0 Å². The molecule has 104 valence electrons. The van der Waals surface area contributed by atoms with Gasteiger partial charge < -0.3 is 25.7 Å². The molecule has 0 aliphatic carbocycles. The molecule has 5 N–H and O–H groups in total. The normalized spacial score (nSPS) is 15.3. The number of hydrogen-bond donors (Lipinski definition) is 5. The topological polar surface area (TPSA) is 127 Å². The third-order valence-corrected chi connectivity index (χ3v) is 2.46. The van der Waals surface area contributed by atoms with Gasteiger partial charge in [-0.2, -0.15) is 0 Å². The molecular weight excluding hydrogens is 254 g/mol. The van der Waals surface area contributed by atoms with E-state index in [1.54, 1.807) is 30.3 Å². The number of rotatable bonds is 7. The number of para-hydroxylation sites is 1. The lowest BCUT2D eigenvalue weighted by molar-refractivity contribution is -0.146. The van der Waals surface area contributed by atoms with E-state index < -0.39 is 36.6 Å². The van der Waals surface area contributed by atoms with Gasteiger partial charge in [0.15, 0.2) is 11.8 Å². The van der Waals surface area contributed by atoms with Crippen molar-refractivity contribution in [2.45, 2.75) is 18.2 Å². The first-order valence-electron chi connectivity index (χ1n) is 5.52. The average Bonchev–Trinajstić information content (AvgIpc) is 2.43. The Morgan fingerprint density at radius 1 is 1.16 bits per heavy atom. The van der Waals surface area contributed by atoms with Crippen LogP contribution in [-0.4, -0.2) is 57.0 Å². The number of ketones is 1. The second-order valence-electron chi connectivity index (χ2n) is 3.88. The van der Waals surface area contributed by atoms with Gasteiger partial charge in [-0.05, 0) is 12.1 Å². The third kappa shape index (κ3) is 4.02. The van der Waals surface area contributed by atoms with Gasteiger partial charge in [0.05, 0.1) is 6.61 Å². The van der Waals surface area contributed by atoms with Gasteiger partial charge in [0, 0.05) is 5.69 Å². The highest BCUT2D eigenvalue weighted by Crippen LogP contribution is 2.10. The molecule has 0 spiro atoms. The van der Waals surface area contributed by atoms with Gasteiger partial charge in [-0.3, -0.25) is 4.79 Å². The molecule has 1 aromatic rings. The van der Waals surface area contributed by atoms with Gasteiger partial charge in [0.2, 0.25) is 0 Å². The van der Waals surface area contributed by atoms with Crippen LogP contribution in [0.1, 0.15) is 0 Å². The number of carboxylic acid groups (broad SMARTS) is 1. The minimum absolute atomic E-state index is 0.383. The lowest BCUT2D eigenvalue weighted by atomic mass is 10.0. The zero-order valence-corrected chi connectivity index (χ0v) is 9.93. The fraction of sp³-hybridized carbons (Fsp3) is 0.333. The van der Waals surface area contributed by atoms with Crippen LogP contribution in [0.3, 0.4) is 0 Å². The Morgan fingerprint density at radius 3 is 2.21 bits per heavy atom. The highest BCUT2D eigenvalue weighted by atomic mass is 16.4. The van der Waals surface area contributed by atoms with Gasteiger partial charge in [0.1, 0.15) is 12.2 Å². The molecule has 1 unspecified atom stereocenters. The molecule has 3 atom stereocenters. The summed E-state index contributed by atoms with van der Waals surface area (Å²) in [7, 11) is 0. The summed E-state index contributed by atoms with van der Waals surface area (Å²) >= 11 is 0. The molecule has 7 nitrogen and oxygen atoms in total. The molecule has 1 aromatic carbocycles. The number of carboxylic acids is 1. The van der Waals surface area contributed by atoms with Crippen molar-refractivity contribution in [2.24, 2.45) is 0 Å². The number of nitrogens with one attached hydrogen (secondary N) is 1. The van der Waals surface area contributed by atoms with Crippen molar-refractivity contribution in [3.05, 3.63) is 30.3 Å². The number of carbonyl (C=O) groups excluding carboxylic acids is 1. The SMILES string of the molecule is O=C(O)C(Nc1ccccc1)C(=O)[C@H](O)[C@H](O)CO. The maximum atomic E-state index is 11.7. The number of anilines is 1. The van der Waals surface area contributed by atoms with Crippen molar-refractivity contribution in [1.29, 1.82) is 0 Å². The lowest BCUT2D eigenvalue weighted by Crippen LogP contribution is -2.48. The van der Waals surface area contributed by atoms with Crippen LogP contribution in [0.2, 0.25) is 0 Å². The molecule has 19 heavy (non-hydrogen) atoms. The van der Waals surface area contributed by atoms with E-state index in [-0.39, 0.29) is 0 Å². The van der Waals surface area contributed by atoms with Crippen molar-refractivity contribution in [2.75, 3.05) is 11.9 Å². The van der Waals surface area contributed by atoms with Crippen LogP contribution < -0.4 is 5.32 Å². The molecule has 1 rings (SSSR count). The number of Topliss-reactive ketones (excluding diaryl/α,β-unsaturated/α-hetero) is 1. The van der Waals surface area contributed by atoms with E-state index in [0.717, 1.165) is 0 Å². The molecule has 0 heterocycles. The van der Waals surface area contributed by atoms with E-state index in [2.05, 4.69) is 5.32 Å². The minimum Gasteiger partial charge on any atom is -0.479 e. The van der Waals surface area contributed by atoms with Crippen LogP contribution in [0, 0.1) is 0 Å². The van der Waals surface area contributed by atoms with E-state index in [1.807, 2.05) is 0 Å². The van der Waals surface area contributed by atoms with E-state index >= 15 is 0 Å². The molecule has 0 saturated heterocycles. The molecule has 0 aliphatic heterocycles. The summed E-state index contributed by atoms with van der Waals surface area (Å²) in [5, 5.41) is 38.6. The predicted molar refractivity (Wildman–Crippen MR) is 65.6 cm³/mol. The Labute approximate surface area is 109 Å². The smallest absolute Gasteiger partial charge is 0.334 e. The Morgan fingerprint density at radius 2 is 1.74 bits per heavy atom. The van der Waals surface area contributed by atoms with Crippen LogP contribution in [0.4, 0.5) is 5.69 Å². The van der Waals surface area contributed by atoms with Crippen molar-refractivity contribution < 1.29 is 30.0 Å². The first kappa shape index (κ1) is 15.1. The van der Waals surface area contributed by atoms with Crippen LogP contribution in [0.25, 0.3) is 0 Å². The quantitative estimate of drug-likeness (QED) is 0.395. The van der Waals surface area contributed by atoms with Gasteiger partial charge in [-0.25, -0.2) is 4.79 Å². The zero-order chi connectivity index (χ0) is 14.4. The van der Waals surface area contributed by atoms with Gasteiger partial charge >= 0.3 is 5.97 Å². The third-order valence-electron chi connectivity index (χ3n) is 2.46. The highest BCUT2D eigenvalue weighted by Gasteiger charge is 2.34. The van der Waals surface area contributed by atoms with Gasteiger partial charge in [0.25, 0.3) is 0 Å². The predicted octanol–water partition coefficient (Wildman–Crippen LogP) is -1.17. The van der Waals surface area contributed by atoms with Crippen LogP contribution in [0.5, 0.6) is 0 Å². The molecule has 0 aromatic heterocycles. The summed E-state index contributed by atoms with van der Waals surface area (Å²) < 4.78 is 0. The minimum atomic E-state index is -1.97. The number of hydrogen-bond acceptors (Lipinski definition) is 6. The summed E-state index contributed by atoms with van der Waals surface area (Å²) in [5.74, 6) is -2.61. The van der Waals surface area contributed by atoms with Gasteiger partial charge in [-0.1, -0.05) is 18.2 Å². The van der Waals surface area contributed by atoms with E-state index in [4.69, 9.17) is 15.3 Å². The second-order valence-corrected chi connectivity index (χ2v) is 3.88. The van der Waals surface area contributed by atoms with E-state index in [0.29, 0.717) is 5.69 Å². The Balaban J connectivity index is 2.84. The van der Waals surface area contributed by atoms with Crippen molar-refractivity contribution in [3.63, 3.8) is 0 Å². The summed E-state index contributed by atoms with van der Waals surface area (Å²) in [5.41, 5.74) is 0.383. The van der Waals surface area contributed by atoms with Crippen molar-refractivity contribution >= 4 is 17.4 Å². The molecule has 0 fully saturated rings. The van der Waals surface area contributed by atoms with Crippen LogP contribution in [-0.2, 0) is 9.59 Å². The molecule has 0 aliphatic rings.